The highest BCUT2D eigenvalue weighted by Crippen LogP contribution is 2.30. The van der Waals surface area contributed by atoms with Gasteiger partial charge in [0.25, 0.3) is 0 Å². The van der Waals surface area contributed by atoms with Crippen LogP contribution in [0.2, 0.25) is 0 Å². The first-order valence-corrected chi connectivity index (χ1v) is 4.51. The molecule has 0 amide bonds. The van der Waals surface area contributed by atoms with Gasteiger partial charge in [-0.3, -0.25) is 0 Å². The lowest BCUT2D eigenvalue weighted by Crippen LogP contribution is -2.10. The largest absolute Gasteiger partial charge is 0.398 e. The van der Waals surface area contributed by atoms with E-state index in [1.165, 1.54) is 0 Å². The first-order valence-electron chi connectivity index (χ1n) is 3.53. The molecule has 1 nitrogen and oxygen atoms in total. The molecule has 0 aliphatic carbocycles. The maximum atomic E-state index is 11.8. The van der Waals surface area contributed by atoms with E-state index in [9.17, 15) is 13.2 Å². The topological polar surface area (TPSA) is 26.0 Å². The molecule has 2 N–H and O–H groups in total. The summed E-state index contributed by atoms with van der Waals surface area (Å²) in [4.78, 5) is 0.472. The Kier molecular flexibility index (Phi) is 3.08. The minimum atomic E-state index is -4.15. The van der Waals surface area contributed by atoms with E-state index in [0.717, 1.165) is 0 Å². The summed E-state index contributed by atoms with van der Waals surface area (Å²) in [7, 11) is 0. The van der Waals surface area contributed by atoms with Gasteiger partial charge in [-0.25, -0.2) is 0 Å². The lowest BCUT2D eigenvalue weighted by Gasteiger charge is -2.07. The molecule has 0 atom stereocenters. The van der Waals surface area contributed by atoms with Crippen molar-refractivity contribution in [2.75, 3.05) is 11.5 Å². The quantitative estimate of drug-likeness (QED) is 0.596. The molecule has 0 aliphatic heterocycles. The molecule has 0 unspecified atom stereocenters. The van der Waals surface area contributed by atoms with Gasteiger partial charge in [0.2, 0.25) is 0 Å². The van der Waals surface area contributed by atoms with Crippen molar-refractivity contribution < 1.29 is 13.2 Å². The molecule has 72 valence electrons. The van der Waals surface area contributed by atoms with E-state index in [1.54, 1.807) is 24.3 Å². The molecule has 0 spiro atoms. The predicted molar refractivity (Wildman–Crippen MR) is 47.6 cm³/mol. The summed E-state index contributed by atoms with van der Waals surface area (Å²) in [6, 6.07) is 6.51. The van der Waals surface area contributed by atoms with Crippen LogP contribution in [0.3, 0.4) is 0 Å². The monoisotopic (exact) mass is 207 g/mol. The van der Waals surface area contributed by atoms with Gasteiger partial charge in [0.05, 0.1) is 5.75 Å². The smallest absolute Gasteiger partial charge is 0.398 e. The highest BCUT2D eigenvalue weighted by molar-refractivity contribution is 7.99. The molecule has 0 aromatic heterocycles. The molecule has 0 fully saturated rings. The molecule has 1 rings (SSSR count). The van der Waals surface area contributed by atoms with Crippen LogP contribution in [-0.2, 0) is 0 Å². The minimum Gasteiger partial charge on any atom is -0.398 e. The fraction of sp³-hybridized carbons (Fsp3) is 0.250. The fourth-order valence-electron chi connectivity index (χ4n) is 0.772. The Morgan fingerprint density at radius 1 is 1.23 bits per heavy atom. The Hall–Kier alpha value is -0.840. The molecular formula is C8H8F3NS. The van der Waals surface area contributed by atoms with Crippen LogP contribution in [0.15, 0.2) is 29.2 Å². The molecule has 13 heavy (non-hydrogen) atoms. The molecule has 0 heterocycles. The Bertz CT molecular complexity index is 285. The zero-order valence-electron chi connectivity index (χ0n) is 6.64. The number of benzene rings is 1. The van der Waals surface area contributed by atoms with Crippen molar-refractivity contribution in [3.63, 3.8) is 0 Å². The van der Waals surface area contributed by atoms with Gasteiger partial charge in [0.15, 0.2) is 0 Å². The second-order valence-corrected chi connectivity index (χ2v) is 3.46. The third kappa shape index (κ3) is 3.59. The number of alkyl halides is 3. The van der Waals surface area contributed by atoms with E-state index in [-0.39, 0.29) is 0 Å². The normalized spacial score (nSPS) is 11.6. The maximum absolute atomic E-state index is 11.8. The van der Waals surface area contributed by atoms with E-state index >= 15 is 0 Å². The Morgan fingerprint density at radius 2 is 1.85 bits per heavy atom. The Balaban J connectivity index is 2.60. The lowest BCUT2D eigenvalue weighted by molar-refractivity contribution is -0.105. The second-order valence-electron chi connectivity index (χ2n) is 2.44. The number of nitrogens with two attached hydrogens (primary N) is 1. The lowest BCUT2D eigenvalue weighted by atomic mass is 10.3. The van der Waals surface area contributed by atoms with E-state index in [0.29, 0.717) is 22.3 Å². The van der Waals surface area contributed by atoms with Gasteiger partial charge in [0.1, 0.15) is 0 Å². The molecule has 0 bridgehead atoms. The summed E-state index contributed by atoms with van der Waals surface area (Å²) >= 11 is 0.704. The van der Waals surface area contributed by atoms with Crippen LogP contribution in [-0.4, -0.2) is 11.9 Å². The van der Waals surface area contributed by atoms with Crippen molar-refractivity contribution in [1.82, 2.24) is 0 Å². The van der Waals surface area contributed by atoms with Crippen LogP contribution in [0.4, 0.5) is 18.9 Å². The van der Waals surface area contributed by atoms with Crippen LogP contribution >= 0.6 is 11.8 Å². The number of nitrogen functional groups attached to an aromatic ring is 1. The minimum absolute atomic E-state index is 0.386. The van der Waals surface area contributed by atoms with Crippen LogP contribution in [0.5, 0.6) is 0 Å². The summed E-state index contributed by atoms with van der Waals surface area (Å²) in [5.41, 5.74) is 5.85. The van der Waals surface area contributed by atoms with Crippen LogP contribution in [0.1, 0.15) is 0 Å². The first kappa shape index (κ1) is 10.2. The number of halogens is 3. The van der Waals surface area contributed by atoms with Crippen molar-refractivity contribution in [2.45, 2.75) is 11.1 Å². The van der Waals surface area contributed by atoms with E-state index in [4.69, 9.17) is 5.73 Å². The van der Waals surface area contributed by atoms with Gasteiger partial charge in [-0.1, -0.05) is 12.1 Å². The first-order chi connectivity index (χ1) is 5.99. The standard InChI is InChI=1S/C8H8F3NS/c9-8(10,11)5-13-7-4-2-1-3-6(7)12/h1-4H,5,12H2. The molecule has 0 aliphatic rings. The second kappa shape index (κ2) is 3.91. The average molecular weight is 207 g/mol. The van der Waals surface area contributed by atoms with Gasteiger partial charge >= 0.3 is 6.18 Å². The Labute approximate surface area is 78.1 Å². The van der Waals surface area contributed by atoms with Crippen molar-refractivity contribution in [1.29, 1.82) is 0 Å². The highest BCUT2D eigenvalue weighted by Gasteiger charge is 2.27. The summed E-state index contributed by atoms with van der Waals surface area (Å²) in [5, 5.41) is 0. The van der Waals surface area contributed by atoms with Crippen LogP contribution in [0, 0.1) is 0 Å². The SMILES string of the molecule is Nc1ccccc1SCC(F)(F)F. The van der Waals surface area contributed by atoms with Gasteiger partial charge in [-0.05, 0) is 12.1 Å². The molecule has 5 heteroatoms. The third-order valence-corrected chi connectivity index (χ3v) is 2.46. The third-order valence-electron chi connectivity index (χ3n) is 1.31. The molecular weight excluding hydrogens is 199 g/mol. The van der Waals surface area contributed by atoms with E-state index < -0.39 is 11.9 Å². The number of anilines is 1. The van der Waals surface area contributed by atoms with E-state index in [2.05, 4.69) is 0 Å². The molecule has 0 saturated heterocycles. The molecule has 0 saturated carbocycles. The van der Waals surface area contributed by atoms with Crippen LogP contribution in [0.25, 0.3) is 0 Å². The van der Waals surface area contributed by atoms with Crippen molar-refractivity contribution in [3.8, 4) is 0 Å². The zero-order chi connectivity index (χ0) is 9.90. The van der Waals surface area contributed by atoms with E-state index in [1.807, 2.05) is 0 Å². The molecule has 1 aromatic rings. The van der Waals surface area contributed by atoms with Crippen molar-refractivity contribution in [3.05, 3.63) is 24.3 Å². The van der Waals surface area contributed by atoms with Crippen molar-refractivity contribution >= 4 is 17.4 Å². The summed E-state index contributed by atoms with van der Waals surface area (Å²) in [6.07, 6.45) is -4.15. The number of para-hydroxylation sites is 1. The number of thioether (sulfide) groups is 1. The Morgan fingerprint density at radius 3 is 2.38 bits per heavy atom. The number of hydrogen-bond donors (Lipinski definition) is 1. The van der Waals surface area contributed by atoms with Gasteiger partial charge in [0, 0.05) is 10.6 Å². The van der Waals surface area contributed by atoms with Gasteiger partial charge < -0.3 is 5.73 Å². The summed E-state index contributed by atoms with van der Waals surface area (Å²) < 4.78 is 35.4. The highest BCUT2D eigenvalue weighted by atomic mass is 32.2. The van der Waals surface area contributed by atoms with Crippen LogP contribution < -0.4 is 5.73 Å². The number of rotatable bonds is 2. The summed E-state index contributed by atoms with van der Waals surface area (Å²) in [5.74, 6) is -0.902. The maximum Gasteiger partial charge on any atom is 0.398 e. The predicted octanol–water partition coefficient (Wildman–Crippen LogP) is 2.92. The van der Waals surface area contributed by atoms with Gasteiger partial charge in [-0.15, -0.1) is 11.8 Å². The molecule has 0 radical (unpaired) electrons. The summed E-state index contributed by atoms with van der Waals surface area (Å²) in [6.45, 7) is 0. The van der Waals surface area contributed by atoms with Crippen molar-refractivity contribution in [2.24, 2.45) is 0 Å². The van der Waals surface area contributed by atoms with Gasteiger partial charge in [-0.2, -0.15) is 13.2 Å². The zero-order valence-corrected chi connectivity index (χ0v) is 7.45. The average Bonchev–Trinajstić information content (AvgIpc) is 2.01. The molecule has 1 aromatic carbocycles. The number of hydrogen-bond acceptors (Lipinski definition) is 2. The fourth-order valence-corrected chi connectivity index (χ4v) is 1.50.